The summed E-state index contributed by atoms with van der Waals surface area (Å²) in [4.78, 5) is 5.22. The molecule has 13 aromatic carbocycles. The van der Waals surface area contributed by atoms with E-state index in [9.17, 15) is 0 Å². The van der Waals surface area contributed by atoms with Crippen LogP contribution in [0.5, 0.6) is 0 Å². The normalized spacial score (nSPS) is 12.3. The second-order valence-corrected chi connectivity index (χ2v) is 23.7. The minimum atomic E-state index is -0.225. The predicted molar refractivity (Wildman–Crippen MR) is 363 cm³/mol. The van der Waals surface area contributed by atoms with Crippen molar-refractivity contribution in [3.8, 4) is 89.0 Å². The maximum Gasteiger partial charge on any atom is 0.252 e. The van der Waals surface area contributed by atoms with E-state index < -0.39 is 0 Å². The second-order valence-electron chi connectivity index (χ2n) is 23.7. The summed E-state index contributed by atoms with van der Waals surface area (Å²) >= 11 is 0. The van der Waals surface area contributed by atoms with Gasteiger partial charge in [0.1, 0.15) is 0 Å². The van der Waals surface area contributed by atoms with Gasteiger partial charge >= 0.3 is 0 Å². The third kappa shape index (κ3) is 9.45. The van der Waals surface area contributed by atoms with Crippen molar-refractivity contribution >= 4 is 57.2 Å². The van der Waals surface area contributed by atoms with Crippen LogP contribution in [-0.2, 0) is 5.41 Å². The van der Waals surface area contributed by atoms with Crippen LogP contribution in [0.15, 0.2) is 315 Å². The lowest BCUT2D eigenvalue weighted by atomic mass is 9.33. The Hall–Kier alpha value is -10.5. The molecular formula is C82H61BN2. The van der Waals surface area contributed by atoms with Crippen molar-refractivity contribution in [3.63, 3.8) is 0 Å². The number of rotatable bonds is 10. The van der Waals surface area contributed by atoms with Gasteiger partial charge in [-0.15, -0.1) is 0 Å². The number of nitrogens with zero attached hydrogens (tertiary/aromatic N) is 2. The highest BCUT2D eigenvalue weighted by Gasteiger charge is 2.45. The van der Waals surface area contributed by atoms with E-state index in [2.05, 4.69) is 346 Å². The lowest BCUT2D eigenvalue weighted by Crippen LogP contribution is -2.61. The lowest BCUT2D eigenvalue weighted by Gasteiger charge is -2.45. The van der Waals surface area contributed by atoms with Crippen LogP contribution in [0.2, 0.25) is 0 Å². The van der Waals surface area contributed by atoms with E-state index in [1.54, 1.807) is 0 Å². The van der Waals surface area contributed by atoms with Gasteiger partial charge in [0.25, 0.3) is 6.71 Å². The predicted octanol–water partition coefficient (Wildman–Crippen LogP) is 20.4. The Morgan fingerprint density at radius 2 is 0.518 bits per heavy atom. The molecule has 0 aliphatic carbocycles. The molecule has 15 rings (SSSR count). The first-order chi connectivity index (χ1) is 41.8. The summed E-state index contributed by atoms with van der Waals surface area (Å²) in [6.45, 7) is 6.91. The SMILES string of the molecule is CC(C)(C)c1cc2c3c(c1)N(c1cc(-c4ccccc4)cc(-c4ccccc4)c1)c1ccc(-c4ccccc4-c4ccccc4)cc1B3c1cc(-c3ccccc3-c3ccccc3)ccc1N2c1cc(-c2ccccc2)cc(-c2ccccc2)c1. The fourth-order valence-corrected chi connectivity index (χ4v) is 13.2. The first-order valence-electron chi connectivity index (χ1n) is 29.7. The fourth-order valence-electron chi connectivity index (χ4n) is 13.2. The monoisotopic (exact) mass is 1080 g/mol. The van der Waals surface area contributed by atoms with E-state index >= 15 is 0 Å². The van der Waals surface area contributed by atoms with Gasteiger partial charge in [-0.05, 0) is 177 Å². The minimum Gasteiger partial charge on any atom is -0.311 e. The Kier molecular flexibility index (Phi) is 12.9. The van der Waals surface area contributed by atoms with Gasteiger partial charge in [0.05, 0.1) is 0 Å². The average molecular weight is 1090 g/mol. The van der Waals surface area contributed by atoms with Crippen molar-refractivity contribution in [1.82, 2.24) is 0 Å². The van der Waals surface area contributed by atoms with Crippen molar-refractivity contribution < 1.29 is 0 Å². The molecule has 0 aromatic heterocycles. The van der Waals surface area contributed by atoms with Gasteiger partial charge in [-0.3, -0.25) is 0 Å². The van der Waals surface area contributed by atoms with Crippen molar-refractivity contribution in [2.75, 3.05) is 9.80 Å². The van der Waals surface area contributed by atoms with Gasteiger partial charge in [0.15, 0.2) is 0 Å². The van der Waals surface area contributed by atoms with E-state index in [-0.39, 0.29) is 12.1 Å². The molecule has 13 aromatic rings. The van der Waals surface area contributed by atoms with Crippen LogP contribution in [0.1, 0.15) is 26.3 Å². The van der Waals surface area contributed by atoms with Crippen LogP contribution in [0, 0.1) is 0 Å². The van der Waals surface area contributed by atoms with Crippen molar-refractivity contribution in [3.05, 3.63) is 321 Å². The van der Waals surface area contributed by atoms with Crippen LogP contribution in [0.3, 0.4) is 0 Å². The number of anilines is 6. The smallest absolute Gasteiger partial charge is 0.252 e. The highest BCUT2D eigenvalue weighted by molar-refractivity contribution is 7.00. The largest absolute Gasteiger partial charge is 0.311 e. The average Bonchev–Trinajstić information content (AvgIpc) is 1.17. The number of benzene rings is 13. The molecule has 0 spiro atoms. The van der Waals surface area contributed by atoms with Gasteiger partial charge in [-0.25, -0.2) is 0 Å². The zero-order chi connectivity index (χ0) is 57.0. The Morgan fingerprint density at radius 3 is 0.824 bits per heavy atom. The zero-order valence-corrected chi connectivity index (χ0v) is 48.0. The van der Waals surface area contributed by atoms with Crippen LogP contribution in [0.25, 0.3) is 89.0 Å². The summed E-state index contributed by atoms with van der Waals surface area (Å²) in [6.07, 6.45) is 0. The molecule has 0 bridgehead atoms. The molecule has 2 nitrogen and oxygen atoms in total. The summed E-state index contributed by atoms with van der Waals surface area (Å²) < 4.78 is 0. The standard InChI is InChI=1S/C82H61BN2/c1-82(2,3)68-54-79-81-80(55-68)85(70-50-66(58-30-14-6-15-31-58)47-67(51-70)59-32-16-7-17-33-59)78-45-43-63(74-41-25-23-39-72(74)61-36-20-9-21-37-61)53-76(78)83(81)75-52-62(73-40-24-22-38-71(73)60-34-18-8-19-35-60)42-44-77(75)84(79)69-48-64(56-26-10-4-11-27-56)46-65(49-69)57-28-12-5-13-29-57/h4-55H,1-3H3. The maximum absolute atomic E-state index is 2.61. The number of hydrogen-bond acceptors (Lipinski definition) is 2. The van der Waals surface area contributed by atoms with E-state index in [0.717, 1.165) is 45.0 Å². The third-order valence-electron chi connectivity index (χ3n) is 17.4. The summed E-state index contributed by atoms with van der Waals surface area (Å²) in [7, 11) is 0. The molecule has 85 heavy (non-hydrogen) atoms. The molecule has 0 amide bonds. The quantitative estimate of drug-likeness (QED) is 0.126. The van der Waals surface area contributed by atoms with Crippen LogP contribution in [-0.4, -0.2) is 6.71 Å². The van der Waals surface area contributed by atoms with Crippen LogP contribution >= 0.6 is 0 Å². The zero-order valence-electron chi connectivity index (χ0n) is 48.0. The highest BCUT2D eigenvalue weighted by atomic mass is 15.2. The molecule has 0 unspecified atom stereocenters. The molecule has 0 atom stereocenters. The molecule has 3 heteroatoms. The molecule has 0 fully saturated rings. The maximum atomic E-state index is 2.61. The van der Waals surface area contributed by atoms with Gasteiger partial charge in [-0.1, -0.05) is 276 Å². The summed E-state index contributed by atoms with van der Waals surface area (Å²) in [5.74, 6) is 0. The molecule has 2 aliphatic heterocycles. The number of fused-ring (bicyclic) bond motifs is 4. The molecule has 402 valence electrons. The van der Waals surface area contributed by atoms with E-state index in [4.69, 9.17) is 0 Å². The molecule has 0 radical (unpaired) electrons. The molecule has 2 heterocycles. The van der Waals surface area contributed by atoms with Gasteiger partial charge in [-0.2, -0.15) is 0 Å². The Labute approximate surface area is 500 Å². The van der Waals surface area contributed by atoms with Crippen LogP contribution in [0.4, 0.5) is 34.1 Å². The van der Waals surface area contributed by atoms with Crippen LogP contribution < -0.4 is 26.2 Å². The fraction of sp³-hybridized carbons (Fsp3) is 0.0488. The van der Waals surface area contributed by atoms with Gasteiger partial charge < -0.3 is 9.80 Å². The topological polar surface area (TPSA) is 6.48 Å². The summed E-state index contributed by atoms with van der Waals surface area (Å²) in [5.41, 5.74) is 30.6. The van der Waals surface area contributed by atoms with E-state index in [0.29, 0.717) is 0 Å². The van der Waals surface area contributed by atoms with Crippen molar-refractivity contribution in [2.24, 2.45) is 0 Å². The Bertz CT molecular complexity index is 4210. The lowest BCUT2D eigenvalue weighted by molar-refractivity contribution is 0.590. The minimum absolute atomic E-state index is 0.180. The molecule has 0 saturated carbocycles. The first-order valence-corrected chi connectivity index (χ1v) is 29.7. The summed E-state index contributed by atoms with van der Waals surface area (Å²) in [5, 5.41) is 0. The Morgan fingerprint density at radius 1 is 0.235 bits per heavy atom. The second kappa shape index (κ2) is 21.4. The van der Waals surface area contributed by atoms with Crippen molar-refractivity contribution in [2.45, 2.75) is 26.2 Å². The number of hydrogen-bond donors (Lipinski definition) is 0. The molecule has 2 aliphatic rings. The molecule has 0 N–H and O–H groups in total. The first kappa shape index (κ1) is 51.4. The highest BCUT2D eigenvalue weighted by Crippen LogP contribution is 2.50. The third-order valence-corrected chi connectivity index (χ3v) is 17.4. The summed E-state index contributed by atoms with van der Waals surface area (Å²) in [6, 6.07) is 117. The van der Waals surface area contributed by atoms with E-state index in [1.165, 1.54) is 100 Å². The Balaban J connectivity index is 1.07. The van der Waals surface area contributed by atoms with Crippen molar-refractivity contribution in [1.29, 1.82) is 0 Å². The van der Waals surface area contributed by atoms with E-state index in [1.807, 2.05) is 0 Å². The van der Waals surface area contributed by atoms with Gasteiger partial charge in [0.2, 0.25) is 0 Å². The molecular weight excluding hydrogens is 1020 g/mol. The molecule has 0 saturated heterocycles. The van der Waals surface area contributed by atoms with Gasteiger partial charge in [0, 0.05) is 34.1 Å².